The van der Waals surface area contributed by atoms with Crippen LogP contribution in [0.5, 0.6) is 0 Å². The van der Waals surface area contributed by atoms with Crippen LogP contribution in [-0.2, 0) is 0 Å². The van der Waals surface area contributed by atoms with Crippen LogP contribution in [0.1, 0.15) is 44.1 Å². The molecular formula is C19H21F3P2. The third kappa shape index (κ3) is 3.53. The molecule has 2 atom stereocenters. The van der Waals surface area contributed by atoms with Crippen molar-refractivity contribution in [3.8, 4) is 11.1 Å². The van der Waals surface area contributed by atoms with Gasteiger partial charge in [0.25, 0.3) is 0 Å². The van der Waals surface area contributed by atoms with Crippen molar-refractivity contribution >= 4 is 29.1 Å². The first-order valence-corrected chi connectivity index (χ1v) is 9.36. The molecule has 2 unspecified atom stereocenters. The summed E-state index contributed by atoms with van der Waals surface area (Å²) in [5.41, 5.74) is 0.785. The molecule has 128 valence electrons. The van der Waals surface area contributed by atoms with Gasteiger partial charge in [0.15, 0.2) is 0 Å². The van der Waals surface area contributed by atoms with Gasteiger partial charge in [-0.15, -0.1) is 18.5 Å². The van der Waals surface area contributed by atoms with E-state index in [-0.39, 0.29) is 17.0 Å². The molecule has 2 aromatic carbocycles. The minimum Gasteiger partial charge on any atom is -0.206 e. The van der Waals surface area contributed by atoms with E-state index in [1.54, 1.807) is 6.07 Å². The van der Waals surface area contributed by atoms with Gasteiger partial charge in [0.1, 0.15) is 17.5 Å². The van der Waals surface area contributed by atoms with E-state index in [2.05, 4.69) is 25.4 Å². The Labute approximate surface area is 145 Å². The second-order valence-electron chi connectivity index (χ2n) is 6.78. The van der Waals surface area contributed by atoms with Crippen molar-refractivity contribution < 1.29 is 13.2 Å². The fourth-order valence-corrected chi connectivity index (χ4v) is 3.97. The molecule has 0 aromatic heterocycles. The molecule has 0 heterocycles. The maximum atomic E-state index is 14.6. The molecule has 24 heavy (non-hydrogen) atoms. The van der Waals surface area contributed by atoms with Crippen molar-refractivity contribution in [3.63, 3.8) is 0 Å². The summed E-state index contributed by atoms with van der Waals surface area (Å²) in [4.78, 5) is 0. The number of halogens is 3. The van der Waals surface area contributed by atoms with E-state index in [1.165, 1.54) is 18.2 Å². The summed E-state index contributed by atoms with van der Waals surface area (Å²) in [7, 11) is 4.68. The van der Waals surface area contributed by atoms with E-state index in [4.69, 9.17) is 0 Å². The lowest BCUT2D eigenvalue weighted by Crippen LogP contribution is -2.16. The first-order chi connectivity index (χ1) is 11.4. The van der Waals surface area contributed by atoms with Gasteiger partial charge in [-0.25, -0.2) is 13.2 Å². The molecule has 0 spiro atoms. The van der Waals surface area contributed by atoms with Gasteiger partial charge in [0.2, 0.25) is 0 Å². The van der Waals surface area contributed by atoms with Crippen molar-refractivity contribution in [2.45, 2.75) is 38.5 Å². The number of hydrogen-bond acceptors (Lipinski definition) is 0. The minimum absolute atomic E-state index is 0.157. The van der Waals surface area contributed by atoms with Gasteiger partial charge >= 0.3 is 0 Å². The zero-order valence-electron chi connectivity index (χ0n) is 13.6. The molecule has 1 fully saturated rings. The van der Waals surface area contributed by atoms with Gasteiger partial charge in [0.05, 0.1) is 5.56 Å². The predicted molar refractivity (Wildman–Crippen MR) is 101 cm³/mol. The quantitative estimate of drug-likeness (QED) is 0.650. The van der Waals surface area contributed by atoms with Crippen LogP contribution in [0.15, 0.2) is 24.3 Å². The summed E-state index contributed by atoms with van der Waals surface area (Å²) in [5.74, 6) is -0.841. The molecule has 1 aliphatic rings. The predicted octanol–water partition coefficient (Wildman–Crippen LogP) is 5.07. The van der Waals surface area contributed by atoms with Crippen LogP contribution in [0, 0.1) is 23.4 Å². The van der Waals surface area contributed by atoms with Crippen molar-refractivity contribution in [1.29, 1.82) is 0 Å². The van der Waals surface area contributed by atoms with Crippen molar-refractivity contribution in [1.82, 2.24) is 0 Å². The third-order valence-electron chi connectivity index (χ3n) is 5.00. The molecule has 1 saturated carbocycles. The van der Waals surface area contributed by atoms with E-state index in [0.717, 1.165) is 31.2 Å². The Kier molecular flexibility index (Phi) is 5.33. The Hall–Kier alpha value is -0.910. The van der Waals surface area contributed by atoms with Crippen LogP contribution in [0.25, 0.3) is 11.1 Å². The average Bonchev–Trinajstić information content (AvgIpc) is 2.52. The molecule has 3 rings (SSSR count). The van der Waals surface area contributed by atoms with E-state index >= 15 is 0 Å². The Balaban J connectivity index is 1.99. The van der Waals surface area contributed by atoms with Crippen LogP contribution >= 0.6 is 18.5 Å². The lowest BCUT2D eigenvalue weighted by molar-refractivity contribution is 0.346. The van der Waals surface area contributed by atoms with E-state index < -0.39 is 17.5 Å². The zero-order chi connectivity index (χ0) is 17.4. The highest BCUT2D eigenvalue weighted by atomic mass is 31.0. The van der Waals surface area contributed by atoms with Crippen LogP contribution in [0.4, 0.5) is 13.2 Å². The van der Waals surface area contributed by atoms with Gasteiger partial charge in [0, 0.05) is 5.30 Å². The number of benzene rings is 2. The topological polar surface area (TPSA) is 0 Å². The maximum absolute atomic E-state index is 14.6. The highest BCUT2D eigenvalue weighted by Crippen LogP contribution is 2.38. The summed E-state index contributed by atoms with van der Waals surface area (Å²) < 4.78 is 43.2. The van der Waals surface area contributed by atoms with Gasteiger partial charge in [-0.3, -0.25) is 0 Å². The molecule has 0 N–H and O–H groups in total. The molecular weight excluding hydrogens is 347 g/mol. The van der Waals surface area contributed by atoms with Gasteiger partial charge in [-0.2, -0.15) is 0 Å². The van der Waals surface area contributed by atoms with Crippen molar-refractivity contribution in [3.05, 3.63) is 47.3 Å². The van der Waals surface area contributed by atoms with Crippen LogP contribution in [-0.4, -0.2) is 0 Å². The first-order valence-electron chi connectivity index (χ1n) is 8.20. The lowest BCUT2D eigenvalue weighted by Gasteiger charge is -2.26. The molecule has 1 aliphatic carbocycles. The maximum Gasteiger partial charge on any atom is 0.134 e. The fourth-order valence-electron chi connectivity index (χ4n) is 3.48. The molecule has 5 heteroatoms. The second-order valence-corrected chi connectivity index (χ2v) is 7.98. The molecule has 0 bridgehead atoms. The summed E-state index contributed by atoms with van der Waals surface area (Å²) in [6, 6.07) is 5.61. The number of hydrogen-bond donors (Lipinski definition) is 0. The highest BCUT2D eigenvalue weighted by Gasteiger charge is 2.23. The summed E-state index contributed by atoms with van der Waals surface area (Å²) in [5, 5.41) is 0.955. The standard InChI is InChI=1S/C19H21F3P2/c1-10-2-4-11(5-3-10)12-6-14(20)18(15(21)7-12)13-8-16(22)19(24)17(23)9-13/h6-11H,2-5,23-24H2,1H3. The third-order valence-corrected chi connectivity index (χ3v) is 6.42. The smallest absolute Gasteiger partial charge is 0.134 e. The van der Waals surface area contributed by atoms with E-state index in [0.29, 0.717) is 16.5 Å². The Morgan fingerprint density at radius 3 is 1.96 bits per heavy atom. The molecule has 0 radical (unpaired) electrons. The monoisotopic (exact) mass is 368 g/mol. The molecule has 2 aromatic rings. The Bertz CT molecular complexity index is 719. The van der Waals surface area contributed by atoms with Gasteiger partial charge in [-0.1, -0.05) is 19.8 Å². The summed E-state index contributed by atoms with van der Waals surface area (Å²) >= 11 is 0. The van der Waals surface area contributed by atoms with Crippen LogP contribution in [0.2, 0.25) is 0 Å². The SMILES string of the molecule is CC1CCC(c2cc(F)c(-c3cc(F)c(P)c(P)c3)c(F)c2)CC1. The van der Waals surface area contributed by atoms with Crippen LogP contribution < -0.4 is 10.6 Å². The fraction of sp³-hybridized carbons (Fsp3) is 0.368. The Morgan fingerprint density at radius 2 is 1.42 bits per heavy atom. The normalized spacial score (nSPS) is 21.1. The van der Waals surface area contributed by atoms with Crippen molar-refractivity contribution in [2.24, 2.45) is 5.92 Å². The number of rotatable bonds is 2. The van der Waals surface area contributed by atoms with Crippen LogP contribution in [0.3, 0.4) is 0 Å². The summed E-state index contributed by atoms with van der Waals surface area (Å²) in [6.45, 7) is 2.21. The van der Waals surface area contributed by atoms with Gasteiger partial charge in [-0.05, 0) is 65.4 Å². The summed E-state index contributed by atoms with van der Waals surface area (Å²) in [6.07, 6.45) is 4.11. The lowest BCUT2D eigenvalue weighted by atomic mass is 9.79. The van der Waals surface area contributed by atoms with E-state index in [9.17, 15) is 13.2 Å². The van der Waals surface area contributed by atoms with Gasteiger partial charge < -0.3 is 0 Å². The zero-order valence-corrected chi connectivity index (χ0v) is 15.9. The average molecular weight is 368 g/mol. The molecule has 0 nitrogen and oxygen atoms in total. The second kappa shape index (κ2) is 7.14. The molecule has 0 saturated heterocycles. The largest absolute Gasteiger partial charge is 0.206 e. The Morgan fingerprint density at radius 1 is 0.833 bits per heavy atom. The molecule has 0 aliphatic heterocycles. The minimum atomic E-state index is -0.621. The van der Waals surface area contributed by atoms with E-state index in [1.807, 2.05) is 0 Å². The molecule has 0 amide bonds. The highest BCUT2D eigenvalue weighted by molar-refractivity contribution is 7.35. The first kappa shape index (κ1) is 17.9. The van der Waals surface area contributed by atoms with Crippen molar-refractivity contribution in [2.75, 3.05) is 0 Å².